The summed E-state index contributed by atoms with van der Waals surface area (Å²) < 4.78 is 43.5. The van der Waals surface area contributed by atoms with Gasteiger partial charge in [0.25, 0.3) is 0 Å². The van der Waals surface area contributed by atoms with Crippen LogP contribution in [0.1, 0.15) is 10.4 Å². The number of methoxy groups -OCH3 is 1. The number of halogens is 1. The lowest BCUT2D eigenvalue weighted by atomic mass is 10.2. The van der Waals surface area contributed by atoms with Crippen LogP contribution in [0, 0.1) is 5.82 Å². The van der Waals surface area contributed by atoms with Crippen LogP contribution in [0.15, 0.2) is 41.6 Å². The van der Waals surface area contributed by atoms with Gasteiger partial charge in [-0.2, -0.15) is 0 Å². The van der Waals surface area contributed by atoms with E-state index in [4.69, 9.17) is 0 Å². The van der Waals surface area contributed by atoms with E-state index in [-0.39, 0.29) is 10.6 Å². The van der Waals surface area contributed by atoms with Gasteiger partial charge in [-0.3, -0.25) is 0 Å². The van der Waals surface area contributed by atoms with Gasteiger partial charge in [0.1, 0.15) is 5.82 Å². The number of benzene rings is 1. The molecule has 0 aliphatic rings. The highest BCUT2D eigenvalue weighted by molar-refractivity contribution is 7.90. The van der Waals surface area contributed by atoms with E-state index in [1.54, 1.807) is 24.5 Å². The first-order chi connectivity index (χ1) is 9.34. The van der Waals surface area contributed by atoms with Crippen LogP contribution >= 0.6 is 0 Å². The summed E-state index contributed by atoms with van der Waals surface area (Å²) in [5, 5.41) is 0. The number of rotatable bonds is 3. The molecule has 0 fully saturated rings. The summed E-state index contributed by atoms with van der Waals surface area (Å²) in [4.78, 5) is 11.3. The maximum Gasteiger partial charge on any atom is 0.340 e. The molecule has 0 atom stereocenters. The Morgan fingerprint density at radius 1 is 1.25 bits per heavy atom. The van der Waals surface area contributed by atoms with Crippen molar-refractivity contribution in [3.05, 3.63) is 48.0 Å². The number of aromatic nitrogens is 1. The first-order valence-corrected chi connectivity index (χ1v) is 7.49. The Hall–Kier alpha value is -2.15. The lowest BCUT2D eigenvalue weighted by molar-refractivity contribution is 0.0595. The van der Waals surface area contributed by atoms with Crippen molar-refractivity contribution in [1.82, 2.24) is 4.57 Å². The van der Waals surface area contributed by atoms with E-state index in [9.17, 15) is 17.6 Å². The second-order valence-electron chi connectivity index (χ2n) is 4.15. The van der Waals surface area contributed by atoms with E-state index >= 15 is 0 Å². The second-order valence-corrected chi connectivity index (χ2v) is 6.14. The molecule has 1 aromatic heterocycles. The van der Waals surface area contributed by atoms with Gasteiger partial charge >= 0.3 is 5.97 Å². The predicted molar refractivity (Wildman–Crippen MR) is 70.2 cm³/mol. The first kappa shape index (κ1) is 14.3. The van der Waals surface area contributed by atoms with Gasteiger partial charge in [-0.05, 0) is 18.2 Å². The first-order valence-electron chi connectivity index (χ1n) is 5.60. The zero-order valence-corrected chi connectivity index (χ0v) is 11.6. The average molecular weight is 297 g/mol. The van der Waals surface area contributed by atoms with Gasteiger partial charge in [-0.15, -0.1) is 0 Å². The monoisotopic (exact) mass is 297 g/mol. The van der Waals surface area contributed by atoms with Crippen LogP contribution in [0.4, 0.5) is 4.39 Å². The summed E-state index contributed by atoms with van der Waals surface area (Å²) >= 11 is 0. The van der Waals surface area contributed by atoms with E-state index in [1.807, 2.05) is 0 Å². The van der Waals surface area contributed by atoms with Gasteiger partial charge in [0.15, 0.2) is 9.84 Å². The third kappa shape index (κ3) is 2.57. The summed E-state index contributed by atoms with van der Waals surface area (Å²) in [6, 6.07) is 5.35. The molecule has 0 saturated carbocycles. The molecule has 0 unspecified atom stereocenters. The molecule has 106 valence electrons. The quantitative estimate of drug-likeness (QED) is 0.640. The van der Waals surface area contributed by atoms with Crippen molar-refractivity contribution in [2.24, 2.45) is 0 Å². The predicted octanol–water partition coefficient (Wildman–Crippen LogP) is 1.81. The van der Waals surface area contributed by atoms with Gasteiger partial charge in [0.2, 0.25) is 0 Å². The van der Waals surface area contributed by atoms with Crippen molar-refractivity contribution in [1.29, 1.82) is 0 Å². The number of ether oxygens (including phenoxy) is 1. The minimum Gasteiger partial charge on any atom is -0.465 e. The summed E-state index contributed by atoms with van der Waals surface area (Å²) in [5.41, 5.74) is -0.272. The number of sulfone groups is 1. The molecule has 2 rings (SSSR count). The smallest absolute Gasteiger partial charge is 0.340 e. The van der Waals surface area contributed by atoms with Crippen LogP contribution in [-0.2, 0) is 14.6 Å². The SMILES string of the molecule is COC(=O)c1cc(S(C)(=O)=O)c(-n2cccc2)cc1F. The van der Waals surface area contributed by atoms with Crippen molar-refractivity contribution in [3.8, 4) is 5.69 Å². The lowest BCUT2D eigenvalue weighted by Crippen LogP contribution is -2.11. The molecule has 5 nitrogen and oxygen atoms in total. The van der Waals surface area contributed by atoms with Crippen molar-refractivity contribution in [3.63, 3.8) is 0 Å². The highest BCUT2D eigenvalue weighted by Gasteiger charge is 2.22. The van der Waals surface area contributed by atoms with Gasteiger partial charge in [-0.25, -0.2) is 17.6 Å². The summed E-state index contributed by atoms with van der Waals surface area (Å²) in [5.74, 6) is -1.76. The van der Waals surface area contributed by atoms with Gasteiger partial charge < -0.3 is 9.30 Å². The van der Waals surface area contributed by atoms with Gasteiger partial charge in [0.05, 0.1) is 23.3 Å². The molecule has 2 aromatic rings. The normalized spacial score (nSPS) is 11.3. The molecule has 1 aromatic carbocycles. The molecule has 0 aliphatic heterocycles. The average Bonchev–Trinajstić information content (AvgIpc) is 2.89. The number of carbonyl (C=O) groups is 1. The molecule has 1 heterocycles. The summed E-state index contributed by atoms with van der Waals surface area (Å²) in [6.07, 6.45) is 4.16. The Balaban J connectivity index is 2.76. The van der Waals surface area contributed by atoms with Crippen LogP contribution in [0.3, 0.4) is 0 Å². The lowest BCUT2D eigenvalue weighted by Gasteiger charge is -2.12. The molecule has 0 aliphatic carbocycles. The van der Waals surface area contributed by atoms with E-state index in [1.165, 1.54) is 4.57 Å². The fourth-order valence-corrected chi connectivity index (χ4v) is 2.68. The van der Waals surface area contributed by atoms with Crippen LogP contribution in [0.5, 0.6) is 0 Å². The van der Waals surface area contributed by atoms with Gasteiger partial charge in [0, 0.05) is 24.7 Å². The van der Waals surface area contributed by atoms with Gasteiger partial charge in [-0.1, -0.05) is 0 Å². The maximum absolute atomic E-state index is 13.9. The molecular formula is C13H12FNO4S. The third-order valence-corrected chi connectivity index (χ3v) is 3.86. The van der Waals surface area contributed by atoms with E-state index in [2.05, 4.69) is 4.74 Å². The highest BCUT2D eigenvalue weighted by atomic mass is 32.2. The van der Waals surface area contributed by atoms with E-state index in [0.717, 1.165) is 25.5 Å². The van der Waals surface area contributed by atoms with Crippen LogP contribution < -0.4 is 0 Å². The van der Waals surface area contributed by atoms with Crippen molar-refractivity contribution >= 4 is 15.8 Å². The zero-order chi connectivity index (χ0) is 14.9. The van der Waals surface area contributed by atoms with Crippen LogP contribution in [0.2, 0.25) is 0 Å². The van der Waals surface area contributed by atoms with Crippen molar-refractivity contribution < 1.29 is 22.3 Å². The maximum atomic E-state index is 13.9. The van der Waals surface area contributed by atoms with Crippen LogP contribution in [-0.4, -0.2) is 32.3 Å². The molecule has 0 spiro atoms. The number of carbonyl (C=O) groups excluding carboxylic acids is 1. The standard InChI is InChI=1S/C13H12FNO4S/c1-19-13(16)9-7-12(20(2,17)18)11(8-10(9)14)15-5-3-4-6-15/h3-8H,1-2H3. The number of hydrogen-bond donors (Lipinski definition) is 0. The topological polar surface area (TPSA) is 65.4 Å². The molecule has 0 saturated heterocycles. The Morgan fingerprint density at radius 3 is 2.35 bits per heavy atom. The Morgan fingerprint density at radius 2 is 1.85 bits per heavy atom. The molecular weight excluding hydrogens is 285 g/mol. The molecule has 0 bridgehead atoms. The Labute approximate surface area is 115 Å². The van der Waals surface area contributed by atoms with E-state index in [0.29, 0.717) is 0 Å². The molecule has 0 radical (unpaired) electrons. The zero-order valence-electron chi connectivity index (χ0n) is 10.8. The second kappa shape index (κ2) is 5.09. The molecule has 0 N–H and O–H groups in total. The Kier molecular flexibility index (Phi) is 3.63. The largest absolute Gasteiger partial charge is 0.465 e. The summed E-state index contributed by atoms with van der Waals surface area (Å²) in [6.45, 7) is 0. The minimum absolute atomic E-state index is 0.141. The number of nitrogens with zero attached hydrogens (tertiary/aromatic N) is 1. The molecule has 7 heteroatoms. The Bertz CT molecular complexity index is 751. The van der Waals surface area contributed by atoms with Crippen molar-refractivity contribution in [2.45, 2.75) is 4.90 Å². The van der Waals surface area contributed by atoms with E-state index < -0.39 is 27.2 Å². The van der Waals surface area contributed by atoms with Crippen LogP contribution in [0.25, 0.3) is 5.69 Å². The number of esters is 1. The minimum atomic E-state index is -3.64. The highest BCUT2D eigenvalue weighted by Crippen LogP contribution is 2.24. The van der Waals surface area contributed by atoms with Crippen molar-refractivity contribution in [2.75, 3.05) is 13.4 Å². The third-order valence-electron chi connectivity index (χ3n) is 2.74. The molecule has 0 amide bonds. The molecule has 20 heavy (non-hydrogen) atoms. The number of hydrogen-bond acceptors (Lipinski definition) is 4. The summed E-state index contributed by atoms with van der Waals surface area (Å²) in [7, 11) is -2.54. The fourth-order valence-electron chi connectivity index (χ4n) is 1.80. The fraction of sp³-hybridized carbons (Fsp3) is 0.154.